The van der Waals surface area contributed by atoms with Gasteiger partial charge in [-0.25, -0.2) is 4.39 Å². The number of benzene rings is 1. The van der Waals surface area contributed by atoms with Crippen LogP contribution < -0.4 is 14.8 Å². The van der Waals surface area contributed by atoms with E-state index < -0.39 is 6.67 Å². The van der Waals surface area contributed by atoms with Gasteiger partial charge in [0.05, 0.1) is 13.2 Å². The molecule has 0 bridgehead atoms. The summed E-state index contributed by atoms with van der Waals surface area (Å²) in [5.74, 6) is 0.796. The summed E-state index contributed by atoms with van der Waals surface area (Å²) in [6.07, 6.45) is 0.782. The number of carbonyl (C=O) groups is 1. The van der Waals surface area contributed by atoms with Crippen molar-refractivity contribution in [1.29, 1.82) is 5.26 Å². The maximum Gasteiger partial charge on any atom is 0.221 e. The monoisotopic (exact) mass is 280 g/mol. The van der Waals surface area contributed by atoms with E-state index in [2.05, 4.69) is 5.32 Å². The molecule has 0 radical (unpaired) electrons. The molecule has 1 N–H and O–H groups in total. The van der Waals surface area contributed by atoms with Gasteiger partial charge in [0.15, 0.2) is 11.5 Å². The summed E-state index contributed by atoms with van der Waals surface area (Å²) in [5, 5.41) is 10.8. The highest BCUT2D eigenvalue weighted by molar-refractivity contribution is 5.76. The fraction of sp³-hybridized carbons (Fsp3) is 0.429. The fourth-order valence-electron chi connectivity index (χ4n) is 1.62. The maximum absolute atomic E-state index is 12.1. The molecule has 0 heterocycles. The first-order chi connectivity index (χ1) is 9.71. The lowest BCUT2D eigenvalue weighted by Crippen LogP contribution is -2.23. The van der Waals surface area contributed by atoms with Crippen molar-refractivity contribution < 1.29 is 18.7 Å². The van der Waals surface area contributed by atoms with Crippen LogP contribution in [-0.4, -0.2) is 32.8 Å². The van der Waals surface area contributed by atoms with Gasteiger partial charge in [0.25, 0.3) is 0 Å². The van der Waals surface area contributed by atoms with Crippen LogP contribution in [0.2, 0.25) is 0 Å². The Labute approximate surface area is 117 Å². The molecule has 0 saturated heterocycles. The Morgan fingerprint density at radius 1 is 1.45 bits per heavy atom. The zero-order valence-electron chi connectivity index (χ0n) is 11.3. The lowest BCUT2D eigenvalue weighted by Gasteiger charge is -2.11. The molecule has 0 saturated carbocycles. The SMILES string of the molecule is COc1ccc(CCC(=O)NCC#N)cc1OCCF. The Kier molecular flexibility index (Phi) is 6.90. The third-order valence-corrected chi connectivity index (χ3v) is 2.57. The molecule has 6 heteroatoms. The summed E-state index contributed by atoms with van der Waals surface area (Å²) >= 11 is 0. The second-order valence-corrected chi connectivity index (χ2v) is 3.96. The molecule has 1 aromatic rings. The number of methoxy groups -OCH3 is 1. The Balaban J connectivity index is 2.62. The van der Waals surface area contributed by atoms with E-state index in [9.17, 15) is 9.18 Å². The van der Waals surface area contributed by atoms with E-state index >= 15 is 0 Å². The Hall–Kier alpha value is -2.29. The Morgan fingerprint density at radius 3 is 2.90 bits per heavy atom. The molecule has 0 unspecified atom stereocenters. The van der Waals surface area contributed by atoms with Gasteiger partial charge >= 0.3 is 0 Å². The average Bonchev–Trinajstić information content (AvgIpc) is 2.48. The molecule has 0 aromatic heterocycles. The van der Waals surface area contributed by atoms with E-state index in [4.69, 9.17) is 14.7 Å². The molecular formula is C14H17FN2O3. The highest BCUT2D eigenvalue weighted by Gasteiger charge is 2.07. The maximum atomic E-state index is 12.1. The van der Waals surface area contributed by atoms with Crippen LogP contribution >= 0.6 is 0 Å². The molecule has 0 fully saturated rings. The molecule has 0 aliphatic carbocycles. The van der Waals surface area contributed by atoms with Crippen LogP contribution in [0.25, 0.3) is 0 Å². The first-order valence-corrected chi connectivity index (χ1v) is 6.20. The lowest BCUT2D eigenvalue weighted by molar-refractivity contribution is -0.120. The van der Waals surface area contributed by atoms with Gasteiger partial charge in [-0.15, -0.1) is 0 Å². The molecule has 0 atom stereocenters. The van der Waals surface area contributed by atoms with Crippen LogP contribution in [0, 0.1) is 11.3 Å². The van der Waals surface area contributed by atoms with E-state index in [1.54, 1.807) is 12.1 Å². The van der Waals surface area contributed by atoms with Gasteiger partial charge in [0.1, 0.15) is 19.8 Å². The number of hydrogen-bond donors (Lipinski definition) is 1. The van der Waals surface area contributed by atoms with Gasteiger partial charge in [-0.2, -0.15) is 5.26 Å². The lowest BCUT2D eigenvalue weighted by atomic mass is 10.1. The van der Waals surface area contributed by atoms with Crippen molar-refractivity contribution in [2.24, 2.45) is 0 Å². The number of carbonyl (C=O) groups excluding carboxylic acids is 1. The molecule has 5 nitrogen and oxygen atoms in total. The minimum Gasteiger partial charge on any atom is -0.493 e. The topological polar surface area (TPSA) is 71.3 Å². The van der Waals surface area contributed by atoms with E-state index in [0.29, 0.717) is 17.9 Å². The summed E-state index contributed by atoms with van der Waals surface area (Å²) in [6.45, 7) is -0.612. The number of amides is 1. The number of hydrogen-bond acceptors (Lipinski definition) is 4. The number of rotatable bonds is 8. The van der Waals surface area contributed by atoms with E-state index in [1.807, 2.05) is 12.1 Å². The summed E-state index contributed by atoms with van der Waals surface area (Å²) in [7, 11) is 1.51. The standard InChI is InChI=1S/C14H17FN2O3/c1-19-12-4-2-11(10-13(12)20-9-6-15)3-5-14(18)17-8-7-16/h2,4,10H,3,5-6,8-9H2,1H3,(H,17,18). The predicted octanol–water partition coefficient (Wildman–Crippen LogP) is 1.62. The number of nitriles is 1. The number of aryl methyl sites for hydroxylation is 1. The van der Waals surface area contributed by atoms with Crippen LogP contribution in [-0.2, 0) is 11.2 Å². The van der Waals surface area contributed by atoms with Crippen molar-refractivity contribution in [3.05, 3.63) is 23.8 Å². The zero-order chi connectivity index (χ0) is 14.8. The second kappa shape index (κ2) is 8.75. The largest absolute Gasteiger partial charge is 0.493 e. The quantitative estimate of drug-likeness (QED) is 0.734. The molecule has 20 heavy (non-hydrogen) atoms. The smallest absolute Gasteiger partial charge is 0.221 e. The first kappa shape index (κ1) is 15.8. The van der Waals surface area contributed by atoms with Gasteiger partial charge in [-0.1, -0.05) is 6.07 Å². The van der Waals surface area contributed by atoms with Gasteiger partial charge in [-0.3, -0.25) is 4.79 Å². The molecule has 0 spiro atoms. The second-order valence-electron chi connectivity index (χ2n) is 3.96. The van der Waals surface area contributed by atoms with Crippen LogP contribution in [0.15, 0.2) is 18.2 Å². The molecule has 108 valence electrons. The fourth-order valence-corrected chi connectivity index (χ4v) is 1.62. The van der Waals surface area contributed by atoms with Crippen molar-refractivity contribution in [2.75, 3.05) is 26.9 Å². The summed E-state index contributed by atoms with van der Waals surface area (Å²) in [4.78, 5) is 11.4. The van der Waals surface area contributed by atoms with E-state index in [-0.39, 0.29) is 25.5 Å². The van der Waals surface area contributed by atoms with Crippen LogP contribution in [0.5, 0.6) is 11.5 Å². The molecule has 1 aromatic carbocycles. The molecule has 1 amide bonds. The van der Waals surface area contributed by atoms with Crippen molar-refractivity contribution in [1.82, 2.24) is 5.32 Å². The van der Waals surface area contributed by atoms with E-state index in [0.717, 1.165) is 5.56 Å². The normalized spacial score (nSPS) is 9.65. The number of halogens is 1. The Bertz CT molecular complexity index is 486. The average molecular weight is 280 g/mol. The highest BCUT2D eigenvalue weighted by atomic mass is 19.1. The highest BCUT2D eigenvalue weighted by Crippen LogP contribution is 2.28. The van der Waals surface area contributed by atoms with Crippen LogP contribution in [0.4, 0.5) is 4.39 Å². The molecular weight excluding hydrogens is 263 g/mol. The van der Waals surface area contributed by atoms with Crippen molar-refractivity contribution in [3.63, 3.8) is 0 Å². The van der Waals surface area contributed by atoms with E-state index in [1.165, 1.54) is 7.11 Å². The van der Waals surface area contributed by atoms with Gasteiger partial charge in [-0.05, 0) is 24.1 Å². The van der Waals surface area contributed by atoms with Gasteiger partial charge in [0.2, 0.25) is 5.91 Å². The zero-order valence-corrected chi connectivity index (χ0v) is 11.3. The Morgan fingerprint density at radius 2 is 2.25 bits per heavy atom. The summed E-state index contributed by atoms with van der Waals surface area (Å²) in [6, 6.07) is 7.10. The van der Waals surface area contributed by atoms with Crippen molar-refractivity contribution in [3.8, 4) is 17.6 Å². The van der Waals surface area contributed by atoms with Gasteiger partial charge in [0, 0.05) is 6.42 Å². The predicted molar refractivity (Wildman–Crippen MR) is 71.4 cm³/mol. The number of nitrogens with zero attached hydrogens (tertiary/aromatic N) is 1. The van der Waals surface area contributed by atoms with Crippen molar-refractivity contribution in [2.45, 2.75) is 12.8 Å². The van der Waals surface area contributed by atoms with Crippen LogP contribution in [0.3, 0.4) is 0 Å². The third kappa shape index (κ3) is 5.14. The molecule has 0 aliphatic rings. The number of alkyl halides is 1. The first-order valence-electron chi connectivity index (χ1n) is 6.20. The summed E-state index contributed by atoms with van der Waals surface area (Å²) in [5.41, 5.74) is 0.881. The minimum atomic E-state index is -0.579. The molecule has 1 rings (SSSR count). The summed E-state index contributed by atoms with van der Waals surface area (Å²) < 4.78 is 22.5. The minimum absolute atomic E-state index is 0.00626. The third-order valence-electron chi connectivity index (χ3n) is 2.57. The number of ether oxygens (including phenoxy) is 2. The molecule has 0 aliphatic heterocycles. The van der Waals surface area contributed by atoms with Crippen molar-refractivity contribution >= 4 is 5.91 Å². The number of nitrogens with one attached hydrogen (secondary N) is 1. The van der Waals surface area contributed by atoms with Crippen LogP contribution in [0.1, 0.15) is 12.0 Å². The van der Waals surface area contributed by atoms with Gasteiger partial charge < -0.3 is 14.8 Å².